The van der Waals surface area contributed by atoms with Crippen LogP contribution in [0.15, 0.2) is 0 Å². The minimum Gasteiger partial charge on any atom is -0.395 e. The third-order valence-electron chi connectivity index (χ3n) is 2.43. The number of rotatable bonds is 7. The van der Waals surface area contributed by atoms with Gasteiger partial charge in [0, 0.05) is 32.7 Å². The molecule has 0 aromatic rings. The second kappa shape index (κ2) is 7.18. The molecule has 0 bridgehead atoms. The number of aliphatic hydroxyl groups is 1. The van der Waals surface area contributed by atoms with Gasteiger partial charge in [-0.15, -0.1) is 0 Å². The van der Waals surface area contributed by atoms with Gasteiger partial charge < -0.3 is 15.3 Å². The zero-order chi connectivity index (χ0) is 11.9. The van der Waals surface area contributed by atoms with Crippen LogP contribution in [0.1, 0.15) is 6.42 Å². The standard InChI is InChI=1S/C9H20N2O4S/c12-7-9-16(13,14)15-8-1-4-11-5-2-10-3-6-11/h10,12H,1-9H2. The predicted octanol–water partition coefficient (Wildman–Crippen LogP) is -1.38. The summed E-state index contributed by atoms with van der Waals surface area (Å²) in [4.78, 5) is 2.28. The fraction of sp³-hybridized carbons (Fsp3) is 1.00. The fourth-order valence-corrected chi connectivity index (χ4v) is 2.29. The first kappa shape index (κ1) is 13.9. The molecule has 0 spiro atoms. The highest BCUT2D eigenvalue weighted by Crippen LogP contribution is 1.98. The Balaban J connectivity index is 2.06. The highest BCUT2D eigenvalue weighted by Gasteiger charge is 2.11. The highest BCUT2D eigenvalue weighted by atomic mass is 32.2. The zero-order valence-corrected chi connectivity index (χ0v) is 10.2. The van der Waals surface area contributed by atoms with Crippen molar-refractivity contribution >= 4 is 10.1 Å². The Morgan fingerprint density at radius 2 is 2.00 bits per heavy atom. The van der Waals surface area contributed by atoms with Gasteiger partial charge >= 0.3 is 0 Å². The SMILES string of the molecule is O=S(=O)(CCO)OCCCN1CCNCC1. The molecular weight excluding hydrogens is 232 g/mol. The maximum Gasteiger partial charge on any atom is 0.269 e. The molecule has 0 aromatic carbocycles. The molecule has 1 aliphatic rings. The molecule has 0 radical (unpaired) electrons. The molecule has 1 saturated heterocycles. The van der Waals surface area contributed by atoms with Gasteiger partial charge in [0.15, 0.2) is 0 Å². The van der Waals surface area contributed by atoms with Crippen molar-refractivity contribution in [3.8, 4) is 0 Å². The van der Waals surface area contributed by atoms with E-state index in [-0.39, 0.29) is 19.0 Å². The number of aliphatic hydroxyl groups excluding tert-OH is 1. The normalized spacial score (nSPS) is 18.8. The van der Waals surface area contributed by atoms with Crippen LogP contribution in [0.25, 0.3) is 0 Å². The van der Waals surface area contributed by atoms with E-state index in [0.29, 0.717) is 6.42 Å². The summed E-state index contributed by atoms with van der Waals surface area (Å²) in [6.07, 6.45) is 0.699. The molecule has 7 heteroatoms. The summed E-state index contributed by atoms with van der Waals surface area (Å²) in [5.74, 6) is -0.319. The first-order valence-corrected chi connectivity index (χ1v) is 7.13. The third-order valence-corrected chi connectivity index (χ3v) is 3.64. The van der Waals surface area contributed by atoms with Crippen LogP contribution in [0, 0.1) is 0 Å². The van der Waals surface area contributed by atoms with E-state index in [1.807, 2.05) is 0 Å². The average molecular weight is 252 g/mol. The van der Waals surface area contributed by atoms with Crippen molar-refractivity contribution in [1.29, 1.82) is 0 Å². The Morgan fingerprint density at radius 1 is 1.31 bits per heavy atom. The maximum atomic E-state index is 11.1. The van der Waals surface area contributed by atoms with Crippen molar-refractivity contribution in [2.75, 3.05) is 51.7 Å². The maximum absolute atomic E-state index is 11.1. The Kier molecular flexibility index (Phi) is 6.22. The van der Waals surface area contributed by atoms with Crippen molar-refractivity contribution in [2.24, 2.45) is 0 Å². The second-order valence-corrected chi connectivity index (χ2v) is 5.51. The quantitative estimate of drug-likeness (QED) is 0.429. The largest absolute Gasteiger partial charge is 0.395 e. The van der Waals surface area contributed by atoms with E-state index in [1.54, 1.807) is 0 Å². The van der Waals surface area contributed by atoms with Crippen LogP contribution in [-0.4, -0.2) is 70.1 Å². The first-order chi connectivity index (χ1) is 7.64. The average Bonchev–Trinajstić information content (AvgIpc) is 2.26. The first-order valence-electron chi connectivity index (χ1n) is 5.55. The van der Waals surface area contributed by atoms with Crippen LogP contribution in [0.4, 0.5) is 0 Å². The molecule has 1 fully saturated rings. The summed E-state index contributed by atoms with van der Waals surface area (Å²) >= 11 is 0. The highest BCUT2D eigenvalue weighted by molar-refractivity contribution is 7.86. The molecule has 6 nitrogen and oxygen atoms in total. The molecular formula is C9H20N2O4S. The summed E-state index contributed by atoms with van der Waals surface area (Å²) < 4.78 is 26.9. The molecule has 0 atom stereocenters. The van der Waals surface area contributed by atoms with E-state index < -0.39 is 10.1 Å². The molecule has 1 heterocycles. The lowest BCUT2D eigenvalue weighted by Crippen LogP contribution is -2.43. The summed E-state index contributed by atoms with van der Waals surface area (Å²) in [5.41, 5.74) is 0. The van der Waals surface area contributed by atoms with Crippen molar-refractivity contribution in [3.63, 3.8) is 0 Å². The number of nitrogens with one attached hydrogen (secondary N) is 1. The van der Waals surface area contributed by atoms with Gasteiger partial charge in [0.1, 0.15) is 0 Å². The Bertz CT molecular complexity index is 275. The van der Waals surface area contributed by atoms with Crippen LogP contribution in [0.3, 0.4) is 0 Å². The lowest BCUT2D eigenvalue weighted by molar-refractivity contribution is 0.214. The van der Waals surface area contributed by atoms with Crippen LogP contribution >= 0.6 is 0 Å². The van der Waals surface area contributed by atoms with Crippen LogP contribution in [-0.2, 0) is 14.3 Å². The minimum absolute atomic E-state index is 0.201. The topological polar surface area (TPSA) is 78.9 Å². The Labute approximate surface area is 96.7 Å². The van der Waals surface area contributed by atoms with Crippen molar-refractivity contribution in [2.45, 2.75) is 6.42 Å². The molecule has 1 aliphatic heterocycles. The van der Waals surface area contributed by atoms with E-state index in [0.717, 1.165) is 32.7 Å². The van der Waals surface area contributed by atoms with Crippen molar-refractivity contribution in [3.05, 3.63) is 0 Å². The molecule has 0 amide bonds. The molecule has 0 aliphatic carbocycles. The van der Waals surface area contributed by atoms with E-state index in [2.05, 4.69) is 10.2 Å². The Hall–Kier alpha value is -0.210. The third kappa shape index (κ3) is 5.76. The number of piperazine rings is 1. The zero-order valence-electron chi connectivity index (χ0n) is 9.39. The van der Waals surface area contributed by atoms with E-state index in [1.165, 1.54) is 0 Å². The summed E-state index contributed by atoms with van der Waals surface area (Å²) in [5, 5.41) is 11.7. The Morgan fingerprint density at radius 3 is 2.62 bits per heavy atom. The number of nitrogens with zero attached hydrogens (tertiary/aromatic N) is 1. The number of hydrogen-bond acceptors (Lipinski definition) is 6. The lowest BCUT2D eigenvalue weighted by atomic mass is 10.3. The minimum atomic E-state index is -3.52. The van der Waals surface area contributed by atoms with E-state index in [4.69, 9.17) is 9.29 Å². The molecule has 0 unspecified atom stereocenters. The summed E-state index contributed by atoms with van der Waals surface area (Å²) in [6.45, 7) is 4.66. The molecule has 96 valence electrons. The van der Waals surface area contributed by atoms with Gasteiger partial charge in [0.25, 0.3) is 10.1 Å². The fourth-order valence-electron chi connectivity index (χ4n) is 1.58. The molecule has 1 rings (SSSR count). The number of hydrogen-bond donors (Lipinski definition) is 2. The molecule has 16 heavy (non-hydrogen) atoms. The van der Waals surface area contributed by atoms with E-state index in [9.17, 15) is 8.42 Å². The van der Waals surface area contributed by atoms with E-state index >= 15 is 0 Å². The summed E-state index contributed by atoms with van der Waals surface area (Å²) in [7, 11) is -3.52. The molecule has 0 aromatic heterocycles. The van der Waals surface area contributed by atoms with Crippen LogP contribution < -0.4 is 5.32 Å². The molecule has 2 N–H and O–H groups in total. The van der Waals surface area contributed by atoms with Gasteiger partial charge in [-0.3, -0.25) is 4.18 Å². The second-order valence-electron chi connectivity index (χ2n) is 3.75. The predicted molar refractivity (Wildman–Crippen MR) is 60.8 cm³/mol. The van der Waals surface area contributed by atoms with Gasteiger partial charge in [-0.25, -0.2) is 0 Å². The van der Waals surface area contributed by atoms with Crippen LogP contribution in [0.5, 0.6) is 0 Å². The van der Waals surface area contributed by atoms with Crippen molar-refractivity contribution < 1.29 is 17.7 Å². The van der Waals surface area contributed by atoms with Gasteiger partial charge in [-0.1, -0.05) is 0 Å². The smallest absolute Gasteiger partial charge is 0.269 e. The van der Waals surface area contributed by atoms with Crippen molar-refractivity contribution in [1.82, 2.24) is 10.2 Å². The monoisotopic (exact) mass is 252 g/mol. The van der Waals surface area contributed by atoms with Gasteiger partial charge in [-0.2, -0.15) is 8.42 Å². The lowest BCUT2D eigenvalue weighted by Gasteiger charge is -2.26. The van der Waals surface area contributed by atoms with Gasteiger partial charge in [0.2, 0.25) is 0 Å². The summed E-state index contributed by atoms with van der Waals surface area (Å²) in [6, 6.07) is 0. The van der Waals surface area contributed by atoms with Gasteiger partial charge in [-0.05, 0) is 6.42 Å². The van der Waals surface area contributed by atoms with Gasteiger partial charge in [0.05, 0.1) is 19.0 Å². The molecule has 0 saturated carbocycles. The van der Waals surface area contributed by atoms with Crippen LogP contribution in [0.2, 0.25) is 0 Å².